The van der Waals surface area contributed by atoms with Crippen LogP contribution in [0.25, 0.3) is 0 Å². The van der Waals surface area contributed by atoms with Crippen molar-refractivity contribution in [2.24, 2.45) is 0 Å². The number of halogens is 1. The Morgan fingerprint density at radius 1 is 1.44 bits per heavy atom. The molecule has 0 spiro atoms. The highest BCUT2D eigenvalue weighted by atomic mass is 19.1. The Labute approximate surface area is 106 Å². The summed E-state index contributed by atoms with van der Waals surface area (Å²) in [5.74, 6) is -0.298. The quantitative estimate of drug-likeness (QED) is 0.858. The number of hydrogen-bond acceptors (Lipinski definition) is 3. The first kappa shape index (κ1) is 13.0. The highest BCUT2D eigenvalue weighted by molar-refractivity contribution is 5.98. The fraction of sp³-hybridized carbons (Fsp3) is 0.462. The summed E-state index contributed by atoms with van der Waals surface area (Å²) in [5, 5.41) is 3.02. The predicted molar refractivity (Wildman–Crippen MR) is 69.1 cm³/mol. The summed E-state index contributed by atoms with van der Waals surface area (Å²) in [6.45, 7) is 1.98. The molecular weight excluding hydrogens is 233 g/mol. The molecule has 18 heavy (non-hydrogen) atoms. The van der Waals surface area contributed by atoms with Gasteiger partial charge >= 0.3 is 0 Å². The van der Waals surface area contributed by atoms with Crippen LogP contribution in [-0.2, 0) is 4.79 Å². The van der Waals surface area contributed by atoms with E-state index < -0.39 is 0 Å². The van der Waals surface area contributed by atoms with E-state index in [2.05, 4.69) is 5.32 Å². The summed E-state index contributed by atoms with van der Waals surface area (Å²) < 4.78 is 13.2. The Morgan fingerprint density at radius 2 is 2.22 bits per heavy atom. The molecule has 1 aliphatic rings. The largest absolute Gasteiger partial charge is 0.318 e. The first-order chi connectivity index (χ1) is 8.63. The zero-order chi connectivity index (χ0) is 13.1. The number of piperazine rings is 1. The lowest BCUT2D eigenvalue weighted by atomic mass is 10.1. The van der Waals surface area contributed by atoms with Crippen molar-refractivity contribution in [3.63, 3.8) is 0 Å². The maximum Gasteiger partial charge on any atom is 0.245 e. The summed E-state index contributed by atoms with van der Waals surface area (Å²) in [4.78, 5) is 16.0. The maximum atomic E-state index is 13.2. The second-order valence-corrected chi connectivity index (χ2v) is 4.52. The van der Waals surface area contributed by atoms with E-state index in [4.69, 9.17) is 0 Å². The Morgan fingerprint density at radius 3 is 2.89 bits per heavy atom. The van der Waals surface area contributed by atoms with Crippen molar-refractivity contribution in [1.82, 2.24) is 10.2 Å². The number of carbonyl (C=O) groups excluding carboxylic acids is 1. The molecular formula is C13H18FN3O. The predicted octanol–water partition coefficient (Wildman–Crippen LogP) is 0.692. The standard InChI is InChI=1S/C13H18FN3O/c1-15-9-12-13(18)17(7-6-16(12)2)11-5-3-4-10(14)8-11/h3-5,8,12,15H,6-7,9H2,1-2H3. The average Bonchev–Trinajstić information content (AvgIpc) is 2.34. The first-order valence-corrected chi connectivity index (χ1v) is 6.05. The fourth-order valence-electron chi connectivity index (χ4n) is 2.23. The summed E-state index contributed by atoms with van der Waals surface area (Å²) in [5.41, 5.74) is 0.634. The molecule has 98 valence electrons. The van der Waals surface area contributed by atoms with Gasteiger partial charge in [-0.3, -0.25) is 9.69 Å². The number of amides is 1. The van der Waals surface area contributed by atoms with E-state index in [1.807, 2.05) is 19.0 Å². The lowest BCUT2D eigenvalue weighted by Crippen LogP contribution is -2.58. The van der Waals surface area contributed by atoms with Crippen molar-refractivity contribution in [2.45, 2.75) is 6.04 Å². The van der Waals surface area contributed by atoms with Gasteiger partial charge in [0.15, 0.2) is 0 Å². The fourth-order valence-corrected chi connectivity index (χ4v) is 2.23. The highest BCUT2D eigenvalue weighted by Crippen LogP contribution is 2.20. The highest BCUT2D eigenvalue weighted by Gasteiger charge is 2.32. The molecule has 1 saturated heterocycles. The number of nitrogens with one attached hydrogen (secondary N) is 1. The number of likely N-dealkylation sites (N-methyl/N-ethyl adjacent to an activating group) is 2. The number of anilines is 1. The molecule has 1 atom stereocenters. The Hall–Kier alpha value is -1.46. The lowest BCUT2D eigenvalue weighted by molar-refractivity contribution is -0.125. The van der Waals surface area contributed by atoms with Gasteiger partial charge in [0, 0.05) is 25.3 Å². The summed E-state index contributed by atoms with van der Waals surface area (Å²) in [7, 11) is 3.76. The Bertz CT molecular complexity index is 438. The summed E-state index contributed by atoms with van der Waals surface area (Å²) >= 11 is 0. The van der Waals surface area contributed by atoms with Gasteiger partial charge in [0.2, 0.25) is 5.91 Å². The SMILES string of the molecule is CNCC1C(=O)N(c2cccc(F)c2)CCN1C. The van der Waals surface area contributed by atoms with E-state index in [-0.39, 0.29) is 17.8 Å². The van der Waals surface area contributed by atoms with Crippen LogP contribution in [0.1, 0.15) is 0 Å². The molecule has 2 rings (SSSR count). The molecule has 0 aromatic heterocycles. The van der Waals surface area contributed by atoms with Crippen molar-refractivity contribution < 1.29 is 9.18 Å². The second-order valence-electron chi connectivity index (χ2n) is 4.52. The van der Waals surface area contributed by atoms with Gasteiger partial charge in [0.05, 0.1) is 0 Å². The molecule has 1 amide bonds. The monoisotopic (exact) mass is 251 g/mol. The minimum atomic E-state index is -0.315. The van der Waals surface area contributed by atoms with Crippen LogP contribution in [0.5, 0.6) is 0 Å². The molecule has 0 radical (unpaired) electrons. The zero-order valence-corrected chi connectivity index (χ0v) is 10.7. The van der Waals surface area contributed by atoms with Crippen LogP contribution in [0.15, 0.2) is 24.3 Å². The zero-order valence-electron chi connectivity index (χ0n) is 10.7. The minimum Gasteiger partial charge on any atom is -0.318 e. The molecule has 1 aromatic rings. The van der Waals surface area contributed by atoms with Crippen LogP contribution in [-0.4, -0.2) is 50.6 Å². The van der Waals surface area contributed by atoms with E-state index >= 15 is 0 Å². The molecule has 5 heteroatoms. The smallest absolute Gasteiger partial charge is 0.245 e. The number of rotatable bonds is 3. The van der Waals surface area contributed by atoms with Crippen LogP contribution in [0.2, 0.25) is 0 Å². The first-order valence-electron chi connectivity index (χ1n) is 6.05. The Balaban J connectivity index is 2.21. The van der Waals surface area contributed by atoms with Crippen molar-refractivity contribution in [3.8, 4) is 0 Å². The molecule has 1 fully saturated rings. The number of nitrogens with zero attached hydrogens (tertiary/aromatic N) is 2. The van der Waals surface area contributed by atoms with Gasteiger partial charge in [0.1, 0.15) is 11.9 Å². The molecule has 0 bridgehead atoms. The third kappa shape index (κ3) is 2.52. The van der Waals surface area contributed by atoms with Crippen molar-refractivity contribution >= 4 is 11.6 Å². The summed E-state index contributed by atoms with van der Waals surface area (Å²) in [6.07, 6.45) is 0. The molecule has 1 aliphatic heterocycles. The molecule has 0 aliphatic carbocycles. The number of benzene rings is 1. The van der Waals surface area contributed by atoms with Gasteiger partial charge in [0.25, 0.3) is 0 Å². The van der Waals surface area contributed by atoms with E-state index in [1.165, 1.54) is 12.1 Å². The van der Waals surface area contributed by atoms with E-state index in [0.717, 1.165) is 6.54 Å². The van der Waals surface area contributed by atoms with Crippen molar-refractivity contribution in [3.05, 3.63) is 30.1 Å². The molecule has 0 saturated carbocycles. The van der Waals surface area contributed by atoms with Gasteiger partial charge in [-0.25, -0.2) is 4.39 Å². The van der Waals surface area contributed by atoms with Crippen LogP contribution >= 0.6 is 0 Å². The van der Waals surface area contributed by atoms with E-state index in [9.17, 15) is 9.18 Å². The second kappa shape index (κ2) is 5.46. The minimum absolute atomic E-state index is 0.0173. The van der Waals surface area contributed by atoms with Crippen LogP contribution in [0.4, 0.5) is 10.1 Å². The van der Waals surface area contributed by atoms with Crippen LogP contribution in [0, 0.1) is 5.82 Å². The third-order valence-corrected chi connectivity index (χ3v) is 3.28. The van der Waals surface area contributed by atoms with Crippen molar-refractivity contribution in [1.29, 1.82) is 0 Å². The van der Waals surface area contributed by atoms with Gasteiger partial charge in [-0.2, -0.15) is 0 Å². The van der Waals surface area contributed by atoms with Crippen LogP contribution in [0.3, 0.4) is 0 Å². The van der Waals surface area contributed by atoms with Gasteiger partial charge in [-0.15, -0.1) is 0 Å². The van der Waals surface area contributed by atoms with Gasteiger partial charge in [-0.05, 0) is 32.3 Å². The van der Waals surface area contributed by atoms with Crippen LogP contribution < -0.4 is 10.2 Å². The third-order valence-electron chi connectivity index (χ3n) is 3.28. The van der Waals surface area contributed by atoms with E-state index in [1.54, 1.807) is 17.0 Å². The molecule has 1 aromatic carbocycles. The molecule has 1 unspecified atom stereocenters. The molecule has 1 N–H and O–H groups in total. The van der Waals surface area contributed by atoms with Gasteiger partial charge in [-0.1, -0.05) is 6.07 Å². The maximum absolute atomic E-state index is 13.2. The van der Waals surface area contributed by atoms with Gasteiger partial charge < -0.3 is 10.2 Å². The normalized spacial score (nSPS) is 21.4. The average molecular weight is 251 g/mol. The molecule has 1 heterocycles. The summed E-state index contributed by atoms with van der Waals surface area (Å²) in [6, 6.07) is 5.99. The lowest BCUT2D eigenvalue weighted by Gasteiger charge is -2.38. The topological polar surface area (TPSA) is 35.6 Å². The van der Waals surface area contributed by atoms with E-state index in [0.29, 0.717) is 18.8 Å². The number of carbonyl (C=O) groups is 1. The number of hydrogen-bond donors (Lipinski definition) is 1. The Kier molecular flexibility index (Phi) is 3.93. The van der Waals surface area contributed by atoms with Crippen molar-refractivity contribution in [2.75, 3.05) is 38.6 Å². The molecule has 4 nitrogen and oxygen atoms in total.